The van der Waals surface area contributed by atoms with Crippen molar-refractivity contribution >= 4 is 15.8 Å². The van der Waals surface area contributed by atoms with Crippen LogP contribution in [0.4, 0.5) is 0 Å². The zero-order valence-corrected chi connectivity index (χ0v) is 17.1. The number of guanidine groups is 1. The Labute approximate surface area is 162 Å². The predicted molar refractivity (Wildman–Crippen MR) is 108 cm³/mol. The molecule has 27 heavy (non-hydrogen) atoms. The summed E-state index contributed by atoms with van der Waals surface area (Å²) in [7, 11) is -2.97. The topological polar surface area (TPSA) is 80.2 Å². The van der Waals surface area contributed by atoms with Gasteiger partial charge in [0.1, 0.15) is 21.7 Å². The van der Waals surface area contributed by atoms with Crippen molar-refractivity contribution in [3.8, 4) is 5.75 Å². The summed E-state index contributed by atoms with van der Waals surface area (Å²) < 4.78 is 33.5. The Hall–Kier alpha value is -1.80. The van der Waals surface area contributed by atoms with Crippen molar-refractivity contribution in [2.45, 2.75) is 25.9 Å². The minimum atomic E-state index is -2.97. The first-order valence-electron chi connectivity index (χ1n) is 9.48. The van der Waals surface area contributed by atoms with E-state index in [0.29, 0.717) is 13.2 Å². The van der Waals surface area contributed by atoms with Crippen LogP contribution in [0.15, 0.2) is 35.3 Å². The molecule has 1 fully saturated rings. The van der Waals surface area contributed by atoms with Crippen LogP contribution in [0.2, 0.25) is 0 Å². The molecule has 0 aliphatic carbocycles. The van der Waals surface area contributed by atoms with Gasteiger partial charge in [-0.3, -0.25) is 4.99 Å². The van der Waals surface area contributed by atoms with Crippen LogP contribution in [-0.2, 0) is 14.6 Å². The number of ether oxygens (including phenoxy) is 2. The molecule has 0 atom stereocenters. The third kappa shape index (κ3) is 8.62. The minimum Gasteiger partial charge on any atom is -0.490 e. The van der Waals surface area contributed by atoms with Gasteiger partial charge in [0.15, 0.2) is 5.96 Å². The number of benzene rings is 1. The average molecular weight is 398 g/mol. The standard InChI is InChI=1S/C19H31N3O4S/c1-3-20-19(21-11-14-25-15-16-27(2,23)24)22-12-9-18(10-13-22)26-17-7-5-4-6-8-17/h4-8,18H,3,9-16H2,1-2H3,(H,20,21). The summed E-state index contributed by atoms with van der Waals surface area (Å²) in [5.74, 6) is 1.84. The maximum absolute atomic E-state index is 11.1. The van der Waals surface area contributed by atoms with E-state index in [1.807, 2.05) is 37.3 Å². The molecular formula is C19H31N3O4S. The van der Waals surface area contributed by atoms with Gasteiger partial charge in [-0.2, -0.15) is 0 Å². The van der Waals surface area contributed by atoms with Crippen LogP contribution < -0.4 is 10.1 Å². The highest BCUT2D eigenvalue weighted by Crippen LogP contribution is 2.18. The van der Waals surface area contributed by atoms with Gasteiger partial charge in [-0.15, -0.1) is 0 Å². The van der Waals surface area contributed by atoms with Crippen LogP contribution in [0.25, 0.3) is 0 Å². The summed E-state index contributed by atoms with van der Waals surface area (Å²) in [6.45, 7) is 5.76. The number of nitrogens with zero attached hydrogens (tertiary/aromatic N) is 2. The second kappa shape index (κ2) is 11.1. The van der Waals surface area contributed by atoms with E-state index in [9.17, 15) is 8.42 Å². The van der Waals surface area contributed by atoms with E-state index in [-0.39, 0.29) is 18.5 Å². The smallest absolute Gasteiger partial charge is 0.193 e. The van der Waals surface area contributed by atoms with Crippen molar-refractivity contribution < 1.29 is 17.9 Å². The number of nitrogens with one attached hydrogen (secondary N) is 1. The molecule has 7 nitrogen and oxygen atoms in total. The SMILES string of the molecule is CCNC(=NCCOCCS(C)(=O)=O)N1CCC(Oc2ccccc2)CC1. The Morgan fingerprint density at radius 3 is 2.56 bits per heavy atom. The van der Waals surface area contributed by atoms with Crippen molar-refractivity contribution in [2.75, 3.05) is 51.4 Å². The summed E-state index contributed by atoms with van der Waals surface area (Å²) >= 11 is 0. The Bertz CT molecular complexity index is 671. The highest BCUT2D eigenvalue weighted by molar-refractivity contribution is 7.90. The lowest BCUT2D eigenvalue weighted by atomic mass is 10.1. The Balaban J connectivity index is 1.74. The lowest BCUT2D eigenvalue weighted by Crippen LogP contribution is -2.47. The Morgan fingerprint density at radius 1 is 1.22 bits per heavy atom. The minimum absolute atomic E-state index is 0.0473. The second-order valence-electron chi connectivity index (χ2n) is 6.60. The molecule has 1 aromatic carbocycles. The van der Waals surface area contributed by atoms with Gasteiger partial charge in [-0.1, -0.05) is 18.2 Å². The van der Waals surface area contributed by atoms with E-state index in [2.05, 4.69) is 15.2 Å². The molecule has 0 amide bonds. The van der Waals surface area contributed by atoms with Crippen molar-refractivity contribution in [1.29, 1.82) is 0 Å². The summed E-state index contributed by atoms with van der Waals surface area (Å²) in [4.78, 5) is 6.84. The molecular weight excluding hydrogens is 366 g/mol. The van der Waals surface area contributed by atoms with Gasteiger partial charge in [-0.05, 0) is 19.1 Å². The summed E-state index contributed by atoms with van der Waals surface area (Å²) in [6.07, 6.45) is 3.34. The Kier molecular flexibility index (Phi) is 8.87. The summed E-state index contributed by atoms with van der Waals surface area (Å²) in [6, 6.07) is 9.93. The fourth-order valence-electron chi connectivity index (χ4n) is 2.83. The van der Waals surface area contributed by atoms with Crippen molar-refractivity contribution in [2.24, 2.45) is 4.99 Å². The molecule has 1 aliphatic rings. The molecule has 8 heteroatoms. The predicted octanol–water partition coefficient (Wildman–Crippen LogP) is 1.56. The van der Waals surface area contributed by atoms with Crippen LogP contribution in [0.3, 0.4) is 0 Å². The number of likely N-dealkylation sites (tertiary alicyclic amines) is 1. The highest BCUT2D eigenvalue weighted by atomic mass is 32.2. The van der Waals surface area contributed by atoms with Gasteiger partial charge in [0.25, 0.3) is 0 Å². The number of para-hydroxylation sites is 1. The molecule has 0 radical (unpaired) electrons. The molecule has 0 unspecified atom stereocenters. The molecule has 0 bridgehead atoms. The largest absolute Gasteiger partial charge is 0.490 e. The third-order valence-electron chi connectivity index (χ3n) is 4.22. The maximum Gasteiger partial charge on any atom is 0.193 e. The van der Waals surface area contributed by atoms with Gasteiger partial charge >= 0.3 is 0 Å². The number of hydrogen-bond donors (Lipinski definition) is 1. The maximum atomic E-state index is 11.1. The van der Waals surface area contributed by atoms with Crippen LogP contribution in [0, 0.1) is 0 Å². The monoisotopic (exact) mass is 397 g/mol. The van der Waals surface area contributed by atoms with Gasteiger partial charge in [-0.25, -0.2) is 8.42 Å². The van der Waals surface area contributed by atoms with Crippen molar-refractivity contribution in [1.82, 2.24) is 10.2 Å². The number of piperidine rings is 1. The molecule has 1 saturated heterocycles. The molecule has 1 aliphatic heterocycles. The fraction of sp³-hybridized carbons (Fsp3) is 0.632. The molecule has 1 heterocycles. The number of aliphatic imine (C=N–C) groups is 1. The van der Waals surface area contributed by atoms with Crippen molar-refractivity contribution in [3.63, 3.8) is 0 Å². The molecule has 1 aromatic rings. The average Bonchev–Trinajstić information content (AvgIpc) is 2.64. The van der Waals surface area contributed by atoms with Crippen LogP contribution in [-0.4, -0.2) is 76.8 Å². The highest BCUT2D eigenvalue weighted by Gasteiger charge is 2.22. The van der Waals surface area contributed by atoms with E-state index < -0.39 is 9.84 Å². The third-order valence-corrected chi connectivity index (χ3v) is 5.13. The van der Waals surface area contributed by atoms with E-state index in [0.717, 1.165) is 44.2 Å². The first-order chi connectivity index (χ1) is 13.0. The molecule has 0 aromatic heterocycles. The number of sulfone groups is 1. The Morgan fingerprint density at radius 2 is 1.93 bits per heavy atom. The van der Waals surface area contributed by atoms with E-state index in [1.54, 1.807) is 0 Å². The van der Waals surface area contributed by atoms with Gasteiger partial charge in [0.2, 0.25) is 0 Å². The summed E-state index contributed by atoms with van der Waals surface area (Å²) in [5, 5.41) is 3.32. The van der Waals surface area contributed by atoms with Gasteiger partial charge in [0, 0.05) is 38.7 Å². The van der Waals surface area contributed by atoms with E-state index in [1.165, 1.54) is 6.26 Å². The van der Waals surface area contributed by atoms with Crippen LogP contribution >= 0.6 is 0 Å². The van der Waals surface area contributed by atoms with Gasteiger partial charge in [0.05, 0.1) is 25.5 Å². The molecule has 2 rings (SSSR count). The quantitative estimate of drug-likeness (QED) is 0.387. The number of hydrogen-bond acceptors (Lipinski definition) is 5. The normalized spacial score (nSPS) is 16.4. The lowest BCUT2D eigenvalue weighted by molar-refractivity contribution is 0.129. The first kappa shape index (κ1) is 21.5. The zero-order chi connectivity index (χ0) is 19.5. The van der Waals surface area contributed by atoms with E-state index in [4.69, 9.17) is 9.47 Å². The molecule has 1 N–H and O–H groups in total. The van der Waals surface area contributed by atoms with Crippen LogP contribution in [0.1, 0.15) is 19.8 Å². The molecule has 0 saturated carbocycles. The fourth-order valence-corrected chi connectivity index (χ4v) is 3.25. The molecule has 0 spiro atoms. The van der Waals surface area contributed by atoms with E-state index >= 15 is 0 Å². The molecule has 152 valence electrons. The zero-order valence-electron chi connectivity index (χ0n) is 16.3. The van der Waals surface area contributed by atoms with Gasteiger partial charge < -0.3 is 19.7 Å². The summed E-state index contributed by atoms with van der Waals surface area (Å²) in [5.41, 5.74) is 0. The first-order valence-corrected chi connectivity index (χ1v) is 11.5. The van der Waals surface area contributed by atoms with Crippen LogP contribution in [0.5, 0.6) is 5.75 Å². The lowest BCUT2D eigenvalue weighted by Gasteiger charge is -2.34. The number of rotatable bonds is 9. The second-order valence-corrected chi connectivity index (χ2v) is 8.85. The van der Waals surface area contributed by atoms with Crippen molar-refractivity contribution in [3.05, 3.63) is 30.3 Å².